The predicted octanol–water partition coefficient (Wildman–Crippen LogP) is 2.18. The van der Waals surface area contributed by atoms with Gasteiger partial charge in [0.05, 0.1) is 35.1 Å². The Balaban J connectivity index is 2.47. The highest BCUT2D eigenvalue weighted by molar-refractivity contribution is 7.13. The number of nitrogens with two attached hydrogens (primary N) is 1. The number of anilines is 1. The summed E-state index contributed by atoms with van der Waals surface area (Å²) in [6.07, 6.45) is 1.47. The van der Waals surface area contributed by atoms with Crippen LogP contribution in [0.4, 0.5) is 5.69 Å². The van der Waals surface area contributed by atoms with E-state index < -0.39 is 5.97 Å². The largest absolute Gasteiger partial charge is 0.465 e. The molecule has 82 valence electrons. The smallest absolute Gasteiger partial charge is 0.340 e. The van der Waals surface area contributed by atoms with Crippen LogP contribution in [0, 0.1) is 0 Å². The maximum absolute atomic E-state index is 11.4. The van der Waals surface area contributed by atoms with Crippen LogP contribution in [0.15, 0.2) is 29.8 Å². The number of carbonyl (C=O) groups excluding carboxylic acids is 1. The van der Waals surface area contributed by atoms with Gasteiger partial charge in [-0.25, -0.2) is 4.79 Å². The van der Waals surface area contributed by atoms with Gasteiger partial charge in [0, 0.05) is 0 Å². The third-order valence-electron chi connectivity index (χ3n) is 2.11. The van der Waals surface area contributed by atoms with Gasteiger partial charge in [0.2, 0.25) is 0 Å². The molecule has 0 aliphatic rings. The summed E-state index contributed by atoms with van der Waals surface area (Å²) in [6, 6.07) is 5.51. The minimum absolute atomic E-state index is 0.326. The molecule has 0 atom stereocenters. The van der Waals surface area contributed by atoms with E-state index in [9.17, 15) is 4.79 Å². The van der Waals surface area contributed by atoms with Gasteiger partial charge in [-0.05, 0) is 17.5 Å². The number of ether oxygens (including phenoxy) is 1. The summed E-state index contributed by atoms with van der Waals surface area (Å²) in [7, 11) is 1.33. The van der Waals surface area contributed by atoms with Crippen molar-refractivity contribution in [2.75, 3.05) is 12.8 Å². The average molecular weight is 234 g/mol. The Hall–Kier alpha value is -1.88. The molecule has 2 N–H and O–H groups in total. The second-order valence-electron chi connectivity index (χ2n) is 3.13. The summed E-state index contributed by atoms with van der Waals surface area (Å²) in [5.74, 6) is -0.447. The van der Waals surface area contributed by atoms with Crippen molar-refractivity contribution in [3.63, 3.8) is 0 Å². The quantitative estimate of drug-likeness (QED) is 0.809. The van der Waals surface area contributed by atoms with E-state index in [0.29, 0.717) is 11.3 Å². The molecule has 2 aromatic rings. The Morgan fingerprint density at radius 1 is 1.56 bits per heavy atom. The van der Waals surface area contributed by atoms with Crippen molar-refractivity contribution < 1.29 is 9.53 Å². The molecule has 0 aliphatic carbocycles. The molecule has 4 nitrogen and oxygen atoms in total. The molecular weight excluding hydrogens is 224 g/mol. The summed E-state index contributed by atoms with van der Waals surface area (Å²) >= 11 is 1.55. The van der Waals surface area contributed by atoms with Crippen LogP contribution in [-0.2, 0) is 4.74 Å². The lowest BCUT2D eigenvalue weighted by molar-refractivity contribution is 0.0602. The van der Waals surface area contributed by atoms with Crippen LogP contribution in [0.2, 0.25) is 0 Å². The first-order valence-electron chi connectivity index (χ1n) is 4.60. The monoisotopic (exact) mass is 234 g/mol. The molecule has 0 saturated carbocycles. The molecule has 2 heterocycles. The number of methoxy groups -OCH3 is 1. The number of rotatable bonds is 2. The van der Waals surface area contributed by atoms with Crippen molar-refractivity contribution >= 4 is 23.0 Å². The Morgan fingerprint density at radius 2 is 2.38 bits per heavy atom. The molecule has 2 aromatic heterocycles. The van der Waals surface area contributed by atoms with Crippen molar-refractivity contribution in [1.29, 1.82) is 0 Å². The van der Waals surface area contributed by atoms with Crippen molar-refractivity contribution in [1.82, 2.24) is 4.98 Å². The number of pyridine rings is 1. The lowest BCUT2D eigenvalue weighted by Crippen LogP contribution is -2.06. The van der Waals surface area contributed by atoms with Crippen molar-refractivity contribution in [2.24, 2.45) is 0 Å². The zero-order valence-corrected chi connectivity index (χ0v) is 9.45. The standard InChI is InChI=1S/C11H10N2O2S/c1-15-11(14)7-5-9(13-6-8(7)12)10-3-2-4-16-10/h2-6H,12H2,1H3. The highest BCUT2D eigenvalue weighted by Gasteiger charge is 2.12. The van der Waals surface area contributed by atoms with Gasteiger partial charge in [0.1, 0.15) is 0 Å². The Morgan fingerprint density at radius 3 is 3.00 bits per heavy atom. The van der Waals surface area contributed by atoms with E-state index in [-0.39, 0.29) is 0 Å². The number of aromatic nitrogens is 1. The zero-order chi connectivity index (χ0) is 11.5. The summed E-state index contributed by atoms with van der Waals surface area (Å²) in [5.41, 5.74) is 7.06. The van der Waals surface area contributed by atoms with Crippen molar-refractivity contribution in [3.8, 4) is 10.6 Å². The van der Waals surface area contributed by atoms with E-state index in [1.54, 1.807) is 17.4 Å². The number of nitrogens with zero attached hydrogens (tertiary/aromatic N) is 1. The Labute approximate surface area is 96.7 Å². The van der Waals surface area contributed by atoms with E-state index in [1.807, 2.05) is 17.5 Å². The molecule has 0 unspecified atom stereocenters. The van der Waals surface area contributed by atoms with E-state index in [4.69, 9.17) is 5.73 Å². The van der Waals surface area contributed by atoms with Crippen LogP contribution in [-0.4, -0.2) is 18.1 Å². The molecule has 0 radical (unpaired) electrons. The Bertz CT molecular complexity index is 509. The molecule has 2 rings (SSSR count). The van der Waals surface area contributed by atoms with Gasteiger partial charge in [-0.3, -0.25) is 4.98 Å². The molecule has 0 bridgehead atoms. The van der Waals surface area contributed by atoms with Gasteiger partial charge in [0.15, 0.2) is 0 Å². The van der Waals surface area contributed by atoms with E-state index in [2.05, 4.69) is 9.72 Å². The number of esters is 1. The van der Waals surface area contributed by atoms with Crippen LogP contribution in [0.1, 0.15) is 10.4 Å². The molecule has 16 heavy (non-hydrogen) atoms. The highest BCUT2D eigenvalue weighted by Crippen LogP contribution is 2.25. The van der Waals surface area contributed by atoms with Crippen molar-refractivity contribution in [3.05, 3.63) is 35.3 Å². The van der Waals surface area contributed by atoms with Crippen LogP contribution in [0.25, 0.3) is 10.6 Å². The van der Waals surface area contributed by atoms with Crippen LogP contribution >= 0.6 is 11.3 Å². The average Bonchev–Trinajstić information content (AvgIpc) is 2.82. The third-order valence-corrected chi connectivity index (χ3v) is 3.01. The van der Waals surface area contributed by atoms with Gasteiger partial charge in [0.25, 0.3) is 0 Å². The van der Waals surface area contributed by atoms with E-state index in [0.717, 1.165) is 10.6 Å². The summed E-state index contributed by atoms with van der Waals surface area (Å²) < 4.78 is 4.65. The molecule has 0 spiro atoms. The third kappa shape index (κ3) is 1.90. The summed E-state index contributed by atoms with van der Waals surface area (Å²) in [6.45, 7) is 0. The number of carbonyl (C=O) groups is 1. The van der Waals surface area contributed by atoms with E-state index >= 15 is 0 Å². The number of hydrogen-bond donors (Lipinski definition) is 1. The molecule has 5 heteroatoms. The maximum Gasteiger partial charge on any atom is 0.340 e. The Kier molecular flexibility index (Phi) is 2.87. The normalized spacial score (nSPS) is 10.1. The molecule has 0 amide bonds. The fourth-order valence-corrected chi connectivity index (χ4v) is 2.00. The van der Waals surface area contributed by atoms with Gasteiger partial charge < -0.3 is 10.5 Å². The SMILES string of the molecule is COC(=O)c1cc(-c2cccs2)ncc1N. The number of hydrogen-bond acceptors (Lipinski definition) is 5. The minimum Gasteiger partial charge on any atom is -0.465 e. The zero-order valence-electron chi connectivity index (χ0n) is 8.64. The second-order valence-corrected chi connectivity index (χ2v) is 4.07. The molecule has 0 fully saturated rings. The number of nitrogen functional groups attached to an aromatic ring is 1. The number of thiophene rings is 1. The van der Waals surface area contributed by atoms with Gasteiger partial charge in [-0.2, -0.15) is 0 Å². The first kappa shape index (κ1) is 10.6. The fraction of sp³-hybridized carbons (Fsp3) is 0.0909. The van der Waals surface area contributed by atoms with Gasteiger partial charge in [-0.15, -0.1) is 11.3 Å². The van der Waals surface area contributed by atoms with E-state index in [1.165, 1.54) is 13.3 Å². The van der Waals surface area contributed by atoms with Gasteiger partial charge in [-0.1, -0.05) is 6.07 Å². The fourth-order valence-electron chi connectivity index (χ4n) is 1.31. The lowest BCUT2D eigenvalue weighted by Gasteiger charge is -2.04. The summed E-state index contributed by atoms with van der Waals surface area (Å²) in [5, 5.41) is 1.95. The predicted molar refractivity (Wildman–Crippen MR) is 63.3 cm³/mol. The maximum atomic E-state index is 11.4. The first-order chi connectivity index (χ1) is 7.72. The summed E-state index contributed by atoms with van der Waals surface area (Å²) in [4.78, 5) is 16.6. The highest BCUT2D eigenvalue weighted by atomic mass is 32.1. The van der Waals surface area contributed by atoms with Crippen molar-refractivity contribution in [2.45, 2.75) is 0 Å². The van der Waals surface area contributed by atoms with Crippen LogP contribution in [0.3, 0.4) is 0 Å². The molecular formula is C11H10N2O2S. The van der Waals surface area contributed by atoms with Gasteiger partial charge >= 0.3 is 5.97 Å². The lowest BCUT2D eigenvalue weighted by atomic mass is 10.2. The molecule has 0 saturated heterocycles. The molecule has 0 aromatic carbocycles. The first-order valence-corrected chi connectivity index (χ1v) is 5.48. The minimum atomic E-state index is -0.447. The second kappa shape index (κ2) is 4.32. The van der Waals surface area contributed by atoms with Crippen LogP contribution in [0.5, 0.6) is 0 Å². The topological polar surface area (TPSA) is 65.2 Å². The molecule has 0 aliphatic heterocycles. The van der Waals surface area contributed by atoms with Crippen LogP contribution < -0.4 is 5.73 Å².